The maximum atomic E-state index is 12.0. The van der Waals surface area contributed by atoms with Crippen molar-refractivity contribution < 1.29 is 13.9 Å². The van der Waals surface area contributed by atoms with Gasteiger partial charge in [-0.1, -0.05) is 0 Å². The van der Waals surface area contributed by atoms with E-state index in [0.717, 1.165) is 0 Å². The summed E-state index contributed by atoms with van der Waals surface area (Å²) in [5, 5.41) is -1.14. The lowest BCUT2D eigenvalue weighted by molar-refractivity contribution is -0.109. The Kier molecular flexibility index (Phi) is 4.05. The average Bonchev–Trinajstić information content (AvgIpc) is 1.82. The van der Waals surface area contributed by atoms with Gasteiger partial charge in [0.15, 0.2) is 0 Å². The van der Waals surface area contributed by atoms with Crippen molar-refractivity contribution in [2.75, 3.05) is 6.61 Å². The molecular weight excluding hydrogens is 147 g/mol. The highest BCUT2D eigenvalue weighted by atomic mass is 35.5. The van der Waals surface area contributed by atoms with Crippen LogP contribution in [0.4, 0.5) is 4.39 Å². The first-order valence-electron chi connectivity index (χ1n) is 2.35. The smallest absolute Gasteiger partial charge is 0.284 e. The summed E-state index contributed by atoms with van der Waals surface area (Å²) in [5.74, 6) is -1.07. The summed E-state index contributed by atoms with van der Waals surface area (Å²) < 4.78 is 16.4. The van der Waals surface area contributed by atoms with Crippen molar-refractivity contribution in [3.63, 3.8) is 0 Å². The summed E-state index contributed by atoms with van der Waals surface area (Å²) >= 11 is 4.70. The first-order chi connectivity index (χ1) is 4.18. The molecule has 0 unspecified atom stereocenters. The largest absolute Gasteiger partial charge is 0.498 e. The number of carbonyl (C=O) groups excluding carboxylic acids is 1. The highest BCUT2D eigenvalue weighted by Gasteiger charge is 2.02. The van der Waals surface area contributed by atoms with E-state index >= 15 is 0 Å². The third-order valence-corrected chi connectivity index (χ3v) is 0.722. The van der Waals surface area contributed by atoms with E-state index in [4.69, 9.17) is 11.6 Å². The lowest BCUT2D eigenvalue weighted by atomic mass is 10.6. The van der Waals surface area contributed by atoms with E-state index in [0.29, 0.717) is 12.9 Å². The number of hydrogen-bond donors (Lipinski definition) is 0. The lowest BCUT2D eigenvalue weighted by Crippen LogP contribution is -1.88. The topological polar surface area (TPSA) is 26.3 Å². The number of allylic oxidation sites excluding steroid dienone is 1. The molecule has 52 valence electrons. The number of halogens is 2. The highest BCUT2D eigenvalue weighted by molar-refractivity contribution is 6.67. The summed E-state index contributed by atoms with van der Waals surface area (Å²) in [6.45, 7) is 1.99. The Balaban J connectivity index is 3.69. The summed E-state index contributed by atoms with van der Waals surface area (Å²) in [5.41, 5.74) is 0. The van der Waals surface area contributed by atoms with E-state index in [2.05, 4.69) is 4.74 Å². The quantitative estimate of drug-likeness (QED) is 0.349. The van der Waals surface area contributed by atoms with Crippen LogP contribution in [0.15, 0.2) is 12.1 Å². The molecule has 0 N–H and O–H groups in total. The molecule has 0 aromatic rings. The van der Waals surface area contributed by atoms with Crippen LogP contribution in [0.2, 0.25) is 0 Å². The van der Waals surface area contributed by atoms with Crippen LogP contribution < -0.4 is 0 Å². The first-order valence-corrected chi connectivity index (χ1v) is 2.73. The Bertz CT molecular complexity index is 133. The monoisotopic (exact) mass is 152 g/mol. The van der Waals surface area contributed by atoms with E-state index in [1.165, 1.54) is 0 Å². The molecule has 0 aliphatic heterocycles. The zero-order chi connectivity index (χ0) is 7.28. The molecule has 2 nitrogen and oxygen atoms in total. The molecule has 0 atom stereocenters. The van der Waals surface area contributed by atoms with Crippen molar-refractivity contribution in [2.45, 2.75) is 6.92 Å². The Labute approximate surface area is 57.3 Å². The van der Waals surface area contributed by atoms with Gasteiger partial charge in [0.1, 0.15) is 6.26 Å². The second kappa shape index (κ2) is 4.32. The molecule has 0 radical (unpaired) electrons. The van der Waals surface area contributed by atoms with Crippen molar-refractivity contribution in [2.24, 2.45) is 0 Å². The lowest BCUT2D eigenvalue weighted by Gasteiger charge is -1.90. The molecule has 4 heteroatoms. The molecule has 0 heterocycles. The average molecular weight is 153 g/mol. The third-order valence-electron chi connectivity index (χ3n) is 0.541. The van der Waals surface area contributed by atoms with Crippen LogP contribution in [0.3, 0.4) is 0 Å². The molecule has 9 heavy (non-hydrogen) atoms. The zero-order valence-electron chi connectivity index (χ0n) is 4.86. The molecule has 0 aliphatic carbocycles. The predicted octanol–water partition coefficient (Wildman–Crippen LogP) is 1.60. The van der Waals surface area contributed by atoms with Gasteiger partial charge in [0, 0.05) is 0 Å². The van der Waals surface area contributed by atoms with Crippen LogP contribution in [0.5, 0.6) is 0 Å². The van der Waals surface area contributed by atoms with Crippen LogP contribution in [0, 0.1) is 0 Å². The second-order valence-electron chi connectivity index (χ2n) is 1.19. The molecule has 0 bridgehead atoms. The van der Waals surface area contributed by atoms with E-state index in [9.17, 15) is 9.18 Å². The van der Waals surface area contributed by atoms with Crippen LogP contribution >= 0.6 is 11.6 Å². The minimum Gasteiger partial charge on any atom is -0.498 e. The molecule has 0 rings (SSSR count). The second-order valence-corrected chi connectivity index (χ2v) is 1.54. The molecular formula is C5H6ClFO2. The van der Waals surface area contributed by atoms with Gasteiger partial charge < -0.3 is 4.74 Å². The number of carbonyl (C=O) groups is 1. The fraction of sp³-hybridized carbons (Fsp3) is 0.400. The minimum atomic E-state index is -1.14. The third kappa shape index (κ3) is 3.97. The molecule has 0 aromatic heterocycles. The van der Waals surface area contributed by atoms with E-state index in [-0.39, 0.29) is 0 Å². The van der Waals surface area contributed by atoms with Crippen molar-refractivity contribution in [1.82, 2.24) is 0 Å². The Hall–Kier alpha value is -0.570. The number of hydrogen-bond acceptors (Lipinski definition) is 2. The van der Waals surface area contributed by atoms with Gasteiger partial charge in [-0.25, -0.2) is 0 Å². The fourth-order valence-electron chi connectivity index (χ4n) is 0.203. The Morgan fingerprint density at radius 3 is 2.78 bits per heavy atom. The Morgan fingerprint density at radius 2 is 2.44 bits per heavy atom. The fourth-order valence-corrected chi connectivity index (χ4v) is 0.247. The normalized spacial score (nSPS) is 11.2. The van der Waals surface area contributed by atoms with E-state index in [1.54, 1.807) is 6.92 Å². The predicted molar refractivity (Wildman–Crippen MR) is 31.7 cm³/mol. The number of ether oxygens (including phenoxy) is 1. The minimum absolute atomic E-state index is 0.317. The van der Waals surface area contributed by atoms with Gasteiger partial charge in [-0.15, -0.1) is 0 Å². The zero-order valence-corrected chi connectivity index (χ0v) is 5.61. The standard InChI is InChI=1S/C5H6ClFO2/c1-2-9-3-4(7)5(6)8/h3H,2H2,1H3. The number of rotatable bonds is 3. The van der Waals surface area contributed by atoms with Gasteiger partial charge >= 0.3 is 0 Å². The summed E-state index contributed by atoms with van der Waals surface area (Å²) in [6, 6.07) is 0. The molecule has 0 spiro atoms. The maximum Gasteiger partial charge on any atom is 0.284 e. The summed E-state index contributed by atoms with van der Waals surface area (Å²) in [4.78, 5) is 9.89. The van der Waals surface area contributed by atoms with E-state index in [1.807, 2.05) is 0 Å². The van der Waals surface area contributed by atoms with Crippen molar-refractivity contribution >= 4 is 16.8 Å². The van der Waals surface area contributed by atoms with Gasteiger partial charge in [-0.05, 0) is 18.5 Å². The Morgan fingerprint density at radius 1 is 1.89 bits per heavy atom. The van der Waals surface area contributed by atoms with Gasteiger partial charge in [0.05, 0.1) is 6.61 Å². The molecule has 0 aromatic carbocycles. The highest BCUT2D eigenvalue weighted by Crippen LogP contribution is 2.00. The molecule has 0 aliphatic rings. The molecule has 0 fully saturated rings. The van der Waals surface area contributed by atoms with Crippen molar-refractivity contribution in [3.05, 3.63) is 12.1 Å². The van der Waals surface area contributed by atoms with Gasteiger partial charge in [0.25, 0.3) is 5.24 Å². The van der Waals surface area contributed by atoms with Crippen LogP contribution in [0.1, 0.15) is 6.92 Å². The van der Waals surface area contributed by atoms with Crippen molar-refractivity contribution in [3.8, 4) is 0 Å². The van der Waals surface area contributed by atoms with Crippen molar-refractivity contribution in [1.29, 1.82) is 0 Å². The van der Waals surface area contributed by atoms with Crippen LogP contribution in [-0.2, 0) is 9.53 Å². The van der Waals surface area contributed by atoms with Gasteiger partial charge in [-0.3, -0.25) is 4.79 Å². The first kappa shape index (κ1) is 8.43. The SMILES string of the molecule is CCOC=C(F)C(=O)Cl. The van der Waals surface area contributed by atoms with E-state index < -0.39 is 11.1 Å². The molecule has 0 saturated carbocycles. The maximum absolute atomic E-state index is 12.0. The molecule has 0 amide bonds. The van der Waals surface area contributed by atoms with Crippen LogP contribution in [-0.4, -0.2) is 11.8 Å². The summed E-state index contributed by atoms with van der Waals surface area (Å²) in [7, 11) is 0. The van der Waals surface area contributed by atoms with Gasteiger partial charge in [0.2, 0.25) is 5.83 Å². The molecule has 0 saturated heterocycles. The summed E-state index contributed by atoms with van der Waals surface area (Å²) in [6.07, 6.45) is 0.690. The van der Waals surface area contributed by atoms with Crippen LogP contribution in [0.25, 0.3) is 0 Å². The van der Waals surface area contributed by atoms with Gasteiger partial charge in [-0.2, -0.15) is 4.39 Å².